The molecule has 2 aromatic carbocycles. The highest BCUT2D eigenvalue weighted by atomic mass is 35.5. The predicted octanol–water partition coefficient (Wildman–Crippen LogP) is -0.620. The molecule has 160 valence electrons. The summed E-state index contributed by atoms with van der Waals surface area (Å²) >= 11 is 0. The molecule has 0 fully saturated rings. The fraction of sp³-hybridized carbons (Fsp3) is 0. The predicted molar refractivity (Wildman–Crippen MR) is 120 cm³/mol. The van der Waals surface area contributed by atoms with Crippen LogP contribution in [0.2, 0.25) is 0 Å². The topological polar surface area (TPSA) is 240 Å². The maximum atomic E-state index is 13.0. The largest absolute Gasteiger partial charge is 0.370 e. The van der Waals surface area contributed by atoms with Crippen molar-refractivity contribution >= 4 is 57.5 Å². The van der Waals surface area contributed by atoms with E-state index in [4.69, 9.17) is 34.4 Å². The van der Waals surface area contributed by atoms with Crippen LogP contribution in [0, 0.1) is 0 Å². The van der Waals surface area contributed by atoms with Crippen LogP contribution in [0.3, 0.4) is 0 Å². The van der Waals surface area contributed by atoms with Crippen molar-refractivity contribution < 1.29 is 8.42 Å². The van der Waals surface area contributed by atoms with Crippen LogP contribution >= 0.6 is 12.4 Å². The Kier molecular flexibility index (Phi) is 8.13. The number of halogens is 1. The Hall–Kier alpha value is -3.84. The Morgan fingerprint density at radius 2 is 1.03 bits per heavy atom. The van der Waals surface area contributed by atoms with Crippen LogP contribution in [0.15, 0.2) is 78.3 Å². The Morgan fingerprint density at radius 3 is 1.37 bits per heavy atom. The maximum Gasteiger partial charge on any atom is 0.223 e. The number of hydrogen-bond donors (Lipinski definition) is 6. The zero-order valence-corrected chi connectivity index (χ0v) is 17.1. The smallest absolute Gasteiger partial charge is 0.223 e. The summed E-state index contributed by atoms with van der Waals surface area (Å²) in [5, 5.41) is 0. The van der Waals surface area contributed by atoms with Crippen LogP contribution in [0.25, 0.3) is 0 Å². The van der Waals surface area contributed by atoms with Crippen molar-refractivity contribution in [2.24, 2.45) is 54.4 Å². The van der Waals surface area contributed by atoms with Gasteiger partial charge in [-0.25, -0.2) is 18.4 Å². The average molecular weight is 453 g/mol. The highest BCUT2D eigenvalue weighted by Gasteiger charge is 2.18. The highest BCUT2D eigenvalue weighted by molar-refractivity contribution is 7.91. The summed E-state index contributed by atoms with van der Waals surface area (Å²) in [4.78, 5) is 15.0. The van der Waals surface area contributed by atoms with Crippen LogP contribution in [0.5, 0.6) is 0 Å². The van der Waals surface area contributed by atoms with Crippen LogP contribution in [-0.4, -0.2) is 32.3 Å². The molecule has 2 aromatic rings. The number of nitrogens with zero attached hydrogens (tertiary/aromatic N) is 4. The van der Waals surface area contributed by atoms with E-state index >= 15 is 0 Å². The molecule has 0 saturated carbocycles. The fourth-order valence-corrected chi connectivity index (χ4v) is 3.49. The second-order valence-electron chi connectivity index (χ2n) is 5.51. The zero-order valence-electron chi connectivity index (χ0n) is 15.5. The van der Waals surface area contributed by atoms with Crippen molar-refractivity contribution in [2.75, 3.05) is 0 Å². The second-order valence-corrected chi connectivity index (χ2v) is 7.46. The van der Waals surface area contributed by atoms with Crippen molar-refractivity contribution in [2.45, 2.75) is 9.79 Å². The lowest BCUT2D eigenvalue weighted by atomic mass is 10.3. The molecule has 14 heteroatoms. The minimum Gasteiger partial charge on any atom is -0.370 e. The first-order valence-corrected chi connectivity index (χ1v) is 9.39. The van der Waals surface area contributed by atoms with Gasteiger partial charge in [-0.1, -0.05) is 12.1 Å². The molecule has 0 unspecified atom stereocenters. The third-order valence-electron chi connectivity index (χ3n) is 3.23. The monoisotopic (exact) mass is 452 g/mol. The first-order chi connectivity index (χ1) is 13.6. The molecule has 0 aliphatic carbocycles. The third kappa shape index (κ3) is 6.65. The van der Waals surface area contributed by atoms with Gasteiger partial charge in [-0.05, 0) is 36.4 Å². The van der Waals surface area contributed by atoms with Gasteiger partial charge in [0.15, 0.2) is 11.9 Å². The average Bonchev–Trinajstić information content (AvgIpc) is 2.60. The molecule has 0 amide bonds. The molecule has 12 nitrogen and oxygen atoms in total. The fourth-order valence-electron chi connectivity index (χ4n) is 2.16. The number of guanidine groups is 4. The van der Waals surface area contributed by atoms with E-state index in [9.17, 15) is 8.42 Å². The molecular formula is C16H21ClN10O2S. The lowest BCUT2D eigenvalue weighted by molar-refractivity contribution is 0.596. The van der Waals surface area contributed by atoms with E-state index < -0.39 is 9.84 Å². The van der Waals surface area contributed by atoms with Gasteiger partial charge in [-0.3, -0.25) is 0 Å². The Balaban J connectivity index is 0.00000450. The molecule has 0 radical (unpaired) electrons. The van der Waals surface area contributed by atoms with Crippen LogP contribution in [0.1, 0.15) is 0 Å². The summed E-state index contributed by atoms with van der Waals surface area (Å²) < 4.78 is 25.9. The molecule has 12 N–H and O–H groups in total. The number of rotatable bonds is 4. The molecule has 0 bridgehead atoms. The summed E-state index contributed by atoms with van der Waals surface area (Å²) in [6.07, 6.45) is 0. The number of nitrogens with two attached hydrogens (primary N) is 6. The van der Waals surface area contributed by atoms with Gasteiger partial charge < -0.3 is 34.4 Å². The Labute approximate surface area is 178 Å². The maximum absolute atomic E-state index is 13.0. The van der Waals surface area contributed by atoms with Crippen molar-refractivity contribution in [1.82, 2.24) is 0 Å². The summed E-state index contributed by atoms with van der Waals surface area (Å²) in [6, 6.07) is 11.6. The first kappa shape index (κ1) is 24.2. The lowest BCUT2D eigenvalue weighted by Crippen LogP contribution is -2.26. The Morgan fingerprint density at radius 1 is 0.667 bits per heavy atom. The van der Waals surface area contributed by atoms with E-state index in [1.165, 1.54) is 36.4 Å². The second kappa shape index (κ2) is 10.1. The molecular weight excluding hydrogens is 432 g/mol. The normalized spacial score (nSPS) is 11.9. The van der Waals surface area contributed by atoms with Crippen molar-refractivity contribution in [3.05, 3.63) is 48.5 Å². The molecule has 0 heterocycles. The van der Waals surface area contributed by atoms with Crippen molar-refractivity contribution in [1.29, 1.82) is 0 Å². The minimum absolute atomic E-state index is 0. The van der Waals surface area contributed by atoms with Gasteiger partial charge in [-0.15, -0.1) is 12.4 Å². The molecule has 0 aliphatic heterocycles. The first-order valence-electron chi connectivity index (χ1n) is 7.91. The quantitative estimate of drug-likeness (QED) is 0.257. The van der Waals surface area contributed by atoms with Crippen LogP contribution in [0.4, 0.5) is 11.4 Å². The van der Waals surface area contributed by atoms with E-state index in [1.807, 2.05) is 0 Å². The number of sulfone groups is 1. The van der Waals surface area contributed by atoms with Crippen LogP contribution in [-0.2, 0) is 9.84 Å². The van der Waals surface area contributed by atoms with E-state index in [1.54, 1.807) is 12.1 Å². The van der Waals surface area contributed by atoms with Gasteiger partial charge in [0, 0.05) is 0 Å². The molecule has 30 heavy (non-hydrogen) atoms. The summed E-state index contributed by atoms with van der Waals surface area (Å²) in [5.41, 5.74) is 32.6. The van der Waals surface area contributed by atoms with Crippen molar-refractivity contribution in [3.63, 3.8) is 0 Å². The van der Waals surface area contributed by atoms with Gasteiger partial charge in [0.05, 0.1) is 21.2 Å². The molecule has 0 atom stereocenters. The van der Waals surface area contributed by atoms with Gasteiger partial charge >= 0.3 is 0 Å². The standard InChI is InChI=1S/C16H20N10O2S.ClH/c17-13(18)25-15(21)23-9-3-1-5-11(7-9)29(27,28)12-6-2-4-10(8-12)24-16(22)26-14(19)20;/h1-8H,(H6,17,18,21,23,25)(H6,19,20,22,24,26);1H. The number of benzene rings is 2. The van der Waals surface area contributed by atoms with E-state index in [0.29, 0.717) is 0 Å². The summed E-state index contributed by atoms with van der Waals surface area (Å²) in [7, 11) is -3.89. The van der Waals surface area contributed by atoms with E-state index in [0.717, 1.165) is 0 Å². The third-order valence-corrected chi connectivity index (χ3v) is 4.98. The number of hydrogen-bond acceptors (Lipinski definition) is 4. The molecule has 2 rings (SSSR count). The van der Waals surface area contributed by atoms with Crippen molar-refractivity contribution in [3.8, 4) is 0 Å². The molecule has 0 spiro atoms. The summed E-state index contributed by atoms with van der Waals surface area (Å²) in [5.74, 6) is -0.975. The van der Waals surface area contributed by atoms with E-state index in [-0.39, 0.29) is 57.4 Å². The van der Waals surface area contributed by atoms with Gasteiger partial charge in [0.1, 0.15) is 0 Å². The number of aliphatic imine (C=N–C) groups is 4. The molecule has 0 aromatic heterocycles. The molecule has 0 saturated heterocycles. The van der Waals surface area contributed by atoms with E-state index in [2.05, 4.69) is 20.0 Å². The molecule has 0 aliphatic rings. The van der Waals surface area contributed by atoms with Gasteiger partial charge in [-0.2, -0.15) is 9.98 Å². The van der Waals surface area contributed by atoms with Gasteiger partial charge in [0.2, 0.25) is 21.8 Å². The summed E-state index contributed by atoms with van der Waals surface area (Å²) in [6.45, 7) is 0. The SMILES string of the molecule is Cl.NC(N)=NC(N)=Nc1cccc(S(=O)(=O)c2cccc(N=C(N)N=C(N)N)c2)c1. The highest BCUT2D eigenvalue weighted by Crippen LogP contribution is 2.27. The Bertz CT molecular complexity index is 1050. The minimum atomic E-state index is -3.89. The lowest BCUT2D eigenvalue weighted by Gasteiger charge is -2.06. The zero-order chi connectivity index (χ0) is 21.6. The van der Waals surface area contributed by atoms with Crippen LogP contribution < -0.4 is 34.4 Å². The van der Waals surface area contributed by atoms with Gasteiger partial charge in [0.25, 0.3) is 0 Å².